The van der Waals surface area contributed by atoms with Gasteiger partial charge in [-0.05, 0) is 29.8 Å². The molecule has 0 unspecified atom stereocenters. The zero-order valence-corrected chi connectivity index (χ0v) is 13.0. The Labute approximate surface area is 138 Å². The molecule has 0 heterocycles. The van der Waals surface area contributed by atoms with Crippen molar-refractivity contribution in [2.75, 3.05) is 5.32 Å². The van der Waals surface area contributed by atoms with Crippen LogP contribution in [0.3, 0.4) is 0 Å². The Morgan fingerprint density at radius 1 is 1.17 bits per heavy atom. The molecule has 0 saturated carbocycles. The Morgan fingerprint density at radius 2 is 1.83 bits per heavy atom. The summed E-state index contributed by atoms with van der Waals surface area (Å²) in [4.78, 5) is 11.0. The second kappa shape index (κ2) is 7.48. The van der Waals surface area contributed by atoms with Gasteiger partial charge in [0.25, 0.3) is 0 Å². The smallest absolute Gasteiger partial charge is 0.416 e. The number of carbonyl (C=O) groups is 1. The highest BCUT2D eigenvalue weighted by molar-refractivity contribution is 7.96. The van der Waals surface area contributed by atoms with Gasteiger partial charge in [-0.2, -0.15) is 24.5 Å². The van der Waals surface area contributed by atoms with Crippen molar-refractivity contribution in [2.24, 2.45) is 0 Å². The Kier molecular flexibility index (Phi) is 5.61. The molecule has 0 aromatic heterocycles. The monoisotopic (exact) mass is 359 g/mol. The molecule has 3 nitrogen and oxygen atoms in total. The maximum Gasteiger partial charge on any atom is 0.416 e. The predicted octanol–water partition coefficient (Wildman–Crippen LogP) is 4.38. The van der Waals surface area contributed by atoms with Gasteiger partial charge in [-0.25, -0.2) is 9.18 Å². The fourth-order valence-electron chi connectivity index (χ4n) is 1.93. The van der Waals surface area contributed by atoms with Crippen molar-refractivity contribution in [3.63, 3.8) is 0 Å². The average Bonchev–Trinajstić information content (AvgIpc) is 2.51. The summed E-state index contributed by atoms with van der Waals surface area (Å²) in [6.07, 6.45) is -4.37. The Bertz CT molecular complexity index is 758. The van der Waals surface area contributed by atoms with E-state index in [0.29, 0.717) is 22.7 Å². The summed E-state index contributed by atoms with van der Waals surface area (Å²) in [7, 11) is 0. The molecule has 0 aliphatic rings. The van der Waals surface area contributed by atoms with Gasteiger partial charge in [0, 0.05) is 11.2 Å². The molecular weight excluding hydrogens is 346 g/mol. The summed E-state index contributed by atoms with van der Waals surface area (Å²) in [5, 5.41) is 11.7. The van der Waals surface area contributed by atoms with E-state index >= 15 is 0 Å². The third-order valence-electron chi connectivity index (χ3n) is 3.09. The molecule has 0 spiro atoms. The summed E-state index contributed by atoms with van der Waals surface area (Å²) in [5.74, 6) is -1.80. The Balaban J connectivity index is 2.01. The molecular formula is C16H13F4NO2S. The summed E-state index contributed by atoms with van der Waals surface area (Å²) in [5.41, 5.74) is 1.15. The summed E-state index contributed by atoms with van der Waals surface area (Å²) in [6, 6.07) is 8.64. The topological polar surface area (TPSA) is 49.3 Å². The van der Waals surface area contributed by atoms with Crippen LogP contribution in [0.1, 0.15) is 21.5 Å². The molecule has 0 bridgehead atoms. The van der Waals surface area contributed by atoms with Crippen LogP contribution >= 0.6 is 11.4 Å². The molecule has 2 aromatic carbocycles. The van der Waals surface area contributed by atoms with E-state index in [1.165, 1.54) is 29.8 Å². The van der Waals surface area contributed by atoms with Gasteiger partial charge in [0.15, 0.2) is 0 Å². The molecule has 0 aliphatic heterocycles. The minimum absolute atomic E-state index is 0.113. The van der Waals surface area contributed by atoms with Crippen molar-refractivity contribution in [3.8, 4) is 0 Å². The lowest BCUT2D eigenvalue weighted by molar-refractivity contribution is -0.137. The number of rotatable bonds is 5. The Hall–Kier alpha value is -2.35. The van der Waals surface area contributed by atoms with Crippen LogP contribution < -0.4 is 5.32 Å². The maximum atomic E-state index is 13.5. The quantitative estimate of drug-likeness (QED) is 0.422. The first kappa shape index (κ1) is 18.0. The van der Waals surface area contributed by atoms with Crippen LogP contribution in [0.2, 0.25) is 0 Å². The summed E-state index contributed by atoms with van der Waals surface area (Å²) in [6.45, 7) is 0. The van der Waals surface area contributed by atoms with E-state index in [-0.39, 0.29) is 5.69 Å². The second-order valence-electron chi connectivity index (χ2n) is 4.78. The van der Waals surface area contributed by atoms with E-state index in [1.807, 2.05) is 0 Å². The number of aromatic carboxylic acids is 1. The minimum Gasteiger partial charge on any atom is -0.478 e. The summed E-state index contributed by atoms with van der Waals surface area (Å²) < 4.78 is 50.8. The van der Waals surface area contributed by atoms with Crippen LogP contribution in [0.4, 0.5) is 23.2 Å². The fourth-order valence-corrected chi connectivity index (χ4v) is 2.67. The molecule has 2 aromatic rings. The fraction of sp³-hybridized carbons (Fsp3) is 0.125. The number of benzene rings is 2. The molecule has 0 aliphatic carbocycles. The lowest BCUT2D eigenvalue weighted by atomic mass is 10.1. The van der Waals surface area contributed by atoms with Gasteiger partial charge in [0.05, 0.1) is 11.3 Å². The van der Waals surface area contributed by atoms with Gasteiger partial charge < -0.3 is 10.4 Å². The van der Waals surface area contributed by atoms with E-state index in [4.69, 9.17) is 5.11 Å². The number of hydrogen-bond donors (Lipinski definition) is 3. The van der Waals surface area contributed by atoms with Crippen LogP contribution in [-0.2, 0) is 11.9 Å². The number of carboxylic acids is 1. The van der Waals surface area contributed by atoms with E-state index in [2.05, 4.69) is 5.32 Å². The standard InChI is InChI=1S/C16H13F4NO2S/c17-12-2-1-3-13(14(12)15(22)23)21-9-24-8-10-4-6-11(7-5-10)16(18,19)20/h1-7,9,21,24H,8H2,(H,22,23). The molecule has 24 heavy (non-hydrogen) atoms. The van der Waals surface area contributed by atoms with E-state index < -0.39 is 29.1 Å². The Morgan fingerprint density at radius 3 is 2.42 bits per heavy atom. The van der Waals surface area contributed by atoms with Crippen LogP contribution in [0.15, 0.2) is 42.5 Å². The van der Waals surface area contributed by atoms with Crippen LogP contribution in [0.5, 0.6) is 0 Å². The number of halogens is 4. The van der Waals surface area contributed by atoms with Crippen molar-refractivity contribution in [3.05, 3.63) is 65.0 Å². The van der Waals surface area contributed by atoms with Crippen LogP contribution in [-0.4, -0.2) is 16.6 Å². The predicted molar refractivity (Wildman–Crippen MR) is 87.2 cm³/mol. The van der Waals surface area contributed by atoms with Crippen molar-refractivity contribution in [1.82, 2.24) is 0 Å². The molecule has 0 radical (unpaired) electrons. The molecule has 2 rings (SSSR count). The van der Waals surface area contributed by atoms with Gasteiger partial charge in [-0.3, -0.25) is 0 Å². The molecule has 0 amide bonds. The zero-order valence-electron chi connectivity index (χ0n) is 12.1. The van der Waals surface area contributed by atoms with Gasteiger partial charge in [-0.15, -0.1) is 0 Å². The minimum atomic E-state index is -4.37. The van der Waals surface area contributed by atoms with E-state index in [1.54, 1.807) is 0 Å². The highest BCUT2D eigenvalue weighted by atomic mass is 32.1. The third-order valence-corrected chi connectivity index (χ3v) is 3.95. The number of anilines is 1. The molecule has 0 fully saturated rings. The molecule has 0 atom stereocenters. The van der Waals surface area contributed by atoms with E-state index in [9.17, 15) is 22.4 Å². The van der Waals surface area contributed by atoms with Crippen LogP contribution in [0.25, 0.3) is 0 Å². The molecule has 8 heteroatoms. The van der Waals surface area contributed by atoms with Gasteiger partial charge >= 0.3 is 12.1 Å². The first-order valence-electron chi connectivity index (χ1n) is 6.72. The maximum absolute atomic E-state index is 13.5. The largest absolute Gasteiger partial charge is 0.478 e. The van der Waals surface area contributed by atoms with Crippen molar-refractivity contribution >= 4 is 28.5 Å². The highest BCUT2D eigenvalue weighted by Crippen LogP contribution is 2.29. The zero-order chi connectivity index (χ0) is 17.7. The molecule has 2 N–H and O–H groups in total. The van der Waals surface area contributed by atoms with Crippen molar-refractivity contribution in [2.45, 2.75) is 11.9 Å². The second-order valence-corrected chi connectivity index (χ2v) is 5.72. The number of thiol groups is 1. The number of hydrogen-bond acceptors (Lipinski definition) is 1. The van der Waals surface area contributed by atoms with Crippen molar-refractivity contribution < 1.29 is 27.5 Å². The van der Waals surface area contributed by atoms with Gasteiger partial charge in [-0.1, -0.05) is 18.2 Å². The summed E-state index contributed by atoms with van der Waals surface area (Å²) >= 11 is 0.690. The first-order chi connectivity index (χ1) is 11.3. The first-order valence-corrected chi connectivity index (χ1v) is 7.86. The van der Waals surface area contributed by atoms with Crippen molar-refractivity contribution in [1.29, 1.82) is 0 Å². The van der Waals surface area contributed by atoms with Gasteiger partial charge in [0.1, 0.15) is 11.4 Å². The number of carboxylic acid groups (broad SMARTS) is 1. The highest BCUT2D eigenvalue weighted by Gasteiger charge is 2.29. The van der Waals surface area contributed by atoms with E-state index in [0.717, 1.165) is 18.2 Å². The normalized spacial score (nSPS) is 12.0. The molecule has 128 valence electrons. The third kappa shape index (κ3) is 4.58. The van der Waals surface area contributed by atoms with Crippen LogP contribution in [0, 0.1) is 5.82 Å². The number of nitrogens with one attached hydrogen (secondary N) is 1. The number of alkyl halides is 3. The molecule has 0 saturated heterocycles. The lowest BCUT2D eigenvalue weighted by Gasteiger charge is -2.07. The van der Waals surface area contributed by atoms with Gasteiger partial charge in [0.2, 0.25) is 0 Å². The SMILES string of the molecule is O=C(O)c1c(F)cccc1NC=[SH]Cc1ccc(C(F)(F)F)cc1. The lowest BCUT2D eigenvalue weighted by Crippen LogP contribution is -2.07. The average molecular weight is 359 g/mol.